The number of nitrogens with two attached hydrogens (primary N) is 1. The molecule has 3 aromatic rings. The standard InChI is InChI=1S/C14H18N8O6Se/c1-20-3-17-10(22(26)27)13(20)29-11-6-9(18-14(15)19-11)21(4-16-6)12-8(25)7(24)5(2-23)28-12/h3-5,7-8,12,23-25,29H,2H2,1H3,(H3,15,18,19)/t5-,7?,8?,12-/m1/s1. The van der Waals surface area contributed by atoms with Crippen molar-refractivity contribution in [2.45, 2.75) is 24.5 Å². The predicted octanol–water partition coefficient (Wildman–Crippen LogP) is -3.11. The van der Waals surface area contributed by atoms with E-state index in [1.165, 1.54) is 17.2 Å². The maximum absolute atomic E-state index is 11.2. The fourth-order valence-electron chi connectivity index (χ4n) is 3.11. The molecule has 0 saturated carbocycles. The quantitative estimate of drug-likeness (QED) is 0.147. The molecule has 29 heavy (non-hydrogen) atoms. The van der Waals surface area contributed by atoms with Crippen molar-refractivity contribution in [2.75, 3.05) is 12.3 Å². The number of aliphatic hydroxyl groups is 3. The Hall–Kier alpha value is -2.68. The van der Waals surface area contributed by atoms with Crippen LogP contribution in [-0.4, -0.2) is 88.8 Å². The minimum absolute atomic E-state index is 0.0427. The zero-order valence-corrected chi connectivity index (χ0v) is 16.8. The number of hydrogen-bond donors (Lipinski definition) is 5. The Balaban J connectivity index is 1.88. The number of nitrogens with one attached hydrogen (secondary N) is 1. The number of nitro groups is 1. The summed E-state index contributed by atoms with van der Waals surface area (Å²) in [6.07, 6.45) is -1.85. The van der Waals surface area contributed by atoms with Gasteiger partial charge >= 0.3 is 167 Å². The topological polar surface area (TPSA) is 203 Å². The monoisotopic (exact) mass is 474 g/mol. The number of hydrogen-bond acceptors (Lipinski definition) is 10. The molecule has 1 aliphatic rings. The molecule has 4 heterocycles. The van der Waals surface area contributed by atoms with E-state index in [9.17, 15) is 25.4 Å². The molecule has 1 aliphatic heterocycles. The number of aromatic amines is 1. The van der Waals surface area contributed by atoms with E-state index in [0.29, 0.717) is 14.3 Å². The molecule has 2 unspecified atom stereocenters. The summed E-state index contributed by atoms with van der Waals surface area (Å²) in [5.41, 5.74) is 6.56. The third kappa shape index (κ3) is 3.23. The van der Waals surface area contributed by atoms with E-state index >= 15 is 0 Å². The number of aryl methyl sites for hydroxylation is 1. The number of nitrogens with zero attached hydrogens (tertiary/aromatic N) is 6. The second-order valence-electron chi connectivity index (χ2n) is 6.40. The van der Waals surface area contributed by atoms with E-state index in [-0.39, 0.29) is 17.4 Å². The predicted molar refractivity (Wildman–Crippen MR) is 99.2 cm³/mol. The van der Waals surface area contributed by atoms with Crippen LogP contribution in [0.15, 0.2) is 12.7 Å². The van der Waals surface area contributed by atoms with Gasteiger partial charge < -0.3 is 0 Å². The van der Waals surface area contributed by atoms with Crippen LogP contribution in [0.5, 0.6) is 0 Å². The number of aromatic nitrogens is 6. The molecule has 1 saturated heterocycles. The van der Waals surface area contributed by atoms with Crippen molar-refractivity contribution >= 4 is 42.0 Å². The number of fused-ring (bicyclic) bond motifs is 1. The molecule has 0 bridgehead atoms. The first-order valence-corrected chi connectivity index (χ1v) is 10.2. The van der Waals surface area contributed by atoms with E-state index < -0.39 is 50.6 Å². The van der Waals surface area contributed by atoms with Gasteiger partial charge in [0.1, 0.15) is 0 Å². The van der Waals surface area contributed by atoms with Crippen molar-refractivity contribution in [2.24, 2.45) is 7.05 Å². The van der Waals surface area contributed by atoms with Crippen LogP contribution >= 0.6 is 0 Å². The van der Waals surface area contributed by atoms with Gasteiger partial charge in [0.05, 0.1) is 0 Å². The first-order valence-electron chi connectivity index (χ1n) is 8.37. The van der Waals surface area contributed by atoms with Gasteiger partial charge in [0.15, 0.2) is 0 Å². The summed E-state index contributed by atoms with van der Waals surface area (Å²) < 4.78 is 9.47. The number of anilines is 1. The first kappa shape index (κ1) is 19.6. The van der Waals surface area contributed by atoms with Crippen LogP contribution in [0.2, 0.25) is 0 Å². The summed E-state index contributed by atoms with van der Waals surface area (Å²) >= 11 is -0.967. The fraction of sp³-hybridized carbons (Fsp3) is 0.429. The molecule has 0 aliphatic carbocycles. The molecule has 156 valence electrons. The van der Waals surface area contributed by atoms with E-state index in [0.717, 1.165) is 0 Å². The molecule has 4 atom stereocenters. The van der Waals surface area contributed by atoms with Crippen molar-refractivity contribution in [3.8, 4) is 0 Å². The molecule has 14 nitrogen and oxygen atoms in total. The van der Waals surface area contributed by atoms with Crippen LogP contribution in [0, 0.1) is 14.3 Å². The van der Waals surface area contributed by atoms with E-state index in [2.05, 4.69) is 19.9 Å². The van der Waals surface area contributed by atoms with Crippen LogP contribution < -0.4 is 10.3 Å². The summed E-state index contributed by atoms with van der Waals surface area (Å²) in [6.45, 7) is -0.467. The van der Waals surface area contributed by atoms with E-state index in [1.807, 2.05) is 0 Å². The van der Waals surface area contributed by atoms with Gasteiger partial charge in [-0.05, 0) is 0 Å². The molecule has 0 spiro atoms. The third-order valence-electron chi connectivity index (χ3n) is 4.53. The van der Waals surface area contributed by atoms with Crippen LogP contribution in [0.4, 0.5) is 11.8 Å². The fourth-order valence-corrected chi connectivity index (χ4v) is 5.40. The molecule has 1 fully saturated rings. The van der Waals surface area contributed by atoms with E-state index in [4.69, 9.17) is 10.5 Å². The summed E-state index contributed by atoms with van der Waals surface area (Å²) in [4.78, 5) is 25.9. The average Bonchev–Trinajstić information content (AvgIpc) is 3.33. The van der Waals surface area contributed by atoms with Gasteiger partial charge in [0.2, 0.25) is 0 Å². The van der Waals surface area contributed by atoms with Gasteiger partial charge in [-0.3, -0.25) is 0 Å². The van der Waals surface area contributed by atoms with Crippen molar-refractivity contribution in [3.05, 3.63) is 27.0 Å². The molecule has 0 aromatic carbocycles. The number of ether oxygens (including phenoxy) is 1. The number of rotatable bonds is 4. The van der Waals surface area contributed by atoms with Gasteiger partial charge in [0.25, 0.3) is 0 Å². The second kappa shape index (κ2) is 7.29. The van der Waals surface area contributed by atoms with Crippen LogP contribution in [-0.2, 0) is 11.8 Å². The van der Waals surface area contributed by atoms with Crippen molar-refractivity contribution < 1.29 is 25.0 Å². The van der Waals surface area contributed by atoms with Crippen LogP contribution in [0.3, 0.4) is 0 Å². The normalized spacial score (nSPS) is 25.4. The Labute approximate surface area is 167 Å². The van der Waals surface area contributed by atoms with Crippen molar-refractivity contribution in [3.63, 3.8) is 0 Å². The van der Waals surface area contributed by atoms with Crippen molar-refractivity contribution in [1.29, 1.82) is 0 Å². The summed E-state index contributed by atoms with van der Waals surface area (Å²) in [6, 6.07) is 0. The number of nitrogen functional groups attached to an aromatic ring is 1. The Morgan fingerprint density at radius 1 is 1.38 bits per heavy atom. The molecule has 0 amide bonds. The Kier molecular flexibility index (Phi) is 4.93. The van der Waals surface area contributed by atoms with Crippen LogP contribution in [0.25, 0.3) is 11.2 Å². The summed E-state index contributed by atoms with van der Waals surface area (Å²) in [5.74, 6) is -0.201. The Morgan fingerprint density at radius 3 is 2.79 bits per heavy atom. The molecular weight excluding hydrogens is 455 g/mol. The maximum atomic E-state index is 11.2. The van der Waals surface area contributed by atoms with Gasteiger partial charge in [-0.2, -0.15) is 0 Å². The number of aliphatic hydroxyl groups excluding tert-OH is 3. The first-order chi connectivity index (χ1) is 13.8. The van der Waals surface area contributed by atoms with Gasteiger partial charge in [0, 0.05) is 0 Å². The third-order valence-corrected chi connectivity index (χ3v) is 7.21. The zero-order chi connectivity index (χ0) is 20.9. The van der Waals surface area contributed by atoms with Gasteiger partial charge in [-0.1, -0.05) is 0 Å². The van der Waals surface area contributed by atoms with Crippen LogP contribution in [0.1, 0.15) is 6.23 Å². The average molecular weight is 473 g/mol. The molecular formula is C14H18N8O6Se. The zero-order valence-electron chi connectivity index (χ0n) is 14.9. The molecule has 0 radical (unpaired) electrons. The van der Waals surface area contributed by atoms with E-state index in [1.54, 1.807) is 11.6 Å². The van der Waals surface area contributed by atoms with Crippen molar-refractivity contribution in [1.82, 2.24) is 29.1 Å². The minimum atomic E-state index is -1.31. The summed E-state index contributed by atoms with van der Waals surface area (Å²) in [5, 5.41) is 40.8. The number of H-pyrrole nitrogens is 1. The molecule has 4 rings (SSSR count). The molecule has 6 N–H and O–H groups in total. The molecule has 3 aromatic heterocycles. The van der Waals surface area contributed by atoms with Gasteiger partial charge in [-0.25, -0.2) is 0 Å². The molecule has 15 heteroatoms. The number of imidazole rings is 2. The Morgan fingerprint density at radius 2 is 2.14 bits per heavy atom. The second-order valence-corrected chi connectivity index (χ2v) is 8.69. The van der Waals surface area contributed by atoms with Gasteiger partial charge in [-0.15, -0.1) is 0 Å². The Bertz CT molecular complexity index is 1150. The SMILES string of the molecule is Cn1cnc([N+](=O)[O-])c1[SeH]=c1[nH]c(N)nc2c1ncn2[C@@H]1O[C@H](CO)C(O)C1O. The summed E-state index contributed by atoms with van der Waals surface area (Å²) in [7, 11) is 1.66.